The Kier molecular flexibility index (Phi) is 2.45. The molecule has 1 saturated heterocycles. The zero-order chi connectivity index (χ0) is 12.3. The lowest BCUT2D eigenvalue weighted by molar-refractivity contribution is 0.00578. The molecular weight excluding hydrogens is 233 g/mol. The van der Waals surface area contributed by atoms with E-state index in [2.05, 4.69) is 38.1 Å². The Morgan fingerprint density at radius 3 is 2.35 bits per heavy atom. The molecule has 92 valence electrons. The summed E-state index contributed by atoms with van der Waals surface area (Å²) in [5, 5.41) is 2.15. The zero-order valence-corrected chi connectivity index (χ0v) is 11.6. The van der Waals surface area contributed by atoms with Gasteiger partial charge in [-0.05, 0) is 40.5 Å². The second kappa shape index (κ2) is 3.56. The molecule has 1 aromatic heterocycles. The summed E-state index contributed by atoms with van der Waals surface area (Å²) in [5.41, 5.74) is 0.673. The molecule has 2 fully saturated rings. The molecule has 5 heteroatoms. The minimum absolute atomic E-state index is 0.275. The third-order valence-corrected chi connectivity index (χ3v) is 4.87. The summed E-state index contributed by atoms with van der Waals surface area (Å²) in [6.45, 7) is 8.29. The van der Waals surface area contributed by atoms with Crippen molar-refractivity contribution < 1.29 is 9.31 Å². The Balaban J connectivity index is 1.81. The molecule has 2 aliphatic rings. The van der Waals surface area contributed by atoms with Crippen LogP contribution >= 0.6 is 11.3 Å². The molecule has 0 radical (unpaired) electrons. The van der Waals surface area contributed by atoms with Gasteiger partial charge < -0.3 is 9.31 Å². The maximum absolute atomic E-state index is 5.99. The third-order valence-electron chi connectivity index (χ3n) is 3.99. The Bertz CT molecular complexity index is 423. The number of hydrogen-bond donors (Lipinski definition) is 0. The van der Waals surface area contributed by atoms with Crippen LogP contribution in [0.2, 0.25) is 0 Å². The van der Waals surface area contributed by atoms with Gasteiger partial charge >= 0.3 is 7.12 Å². The van der Waals surface area contributed by atoms with Gasteiger partial charge in [0.1, 0.15) is 4.91 Å². The van der Waals surface area contributed by atoms with Crippen LogP contribution in [-0.4, -0.2) is 23.3 Å². The summed E-state index contributed by atoms with van der Waals surface area (Å²) in [7, 11) is -0.294. The van der Waals surface area contributed by atoms with Crippen LogP contribution in [0.15, 0.2) is 5.38 Å². The molecule has 3 rings (SSSR count). The first-order valence-electron chi connectivity index (χ1n) is 6.20. The Morgan fingerprint density at radius 2 is 1.82 bits per heavy atom. The highest BCUT2D eigenvalue weighted by Crippen LogP contribution is 2.40. The topological polar surface area (TPSA) is 31.4 Å². The lowest BCUT2D eigenvalue weighted by atomic mass is 9.90. The standard InChI is InChI=1S/C12H18BNO2S/c1-11(2)12(3,4)16-13(15-11)10-14-9(7-17-10)8-5-6-8/h7-8H,5-6H2,1-4H3. The van der Waals surface area contributed by atoms with Crippen LogP contribution < -0.4 is 4.91 Å². The molecule has 0 unspecified atom stereocenters. The number of aromatic nitrogens is 1. The molecule has 1 aromatic rings. The lowest BCUT2D eigenvalue weighted by Crippen LogP contribution is -2.41. The van der Waals surface area contributed by atoms with E-state index in [4.69, 9.17) is 9.31 Å². The molecule has 0 aromatic carbocycles. The number of nitrogens with zero attached hydrogens (tertiary/aromatic N) is 1. The van der Waals surface area contributed by atoms with Gasteiger partial charge in [0.15, 0.2) is 0 Å². The summed E-state index contributed by atoms with van der Waals surface area (Å²) in [6, 6.07) is 0. The van der Waals surface area contributed by atoms with Crippen molar-refractivity contribution in [2.24, 2.45) is 0 Å². The fourth-order valence-electron chi connectivity index (χ4n) is 1.92. The number of rotatable bonds is 2. The fraction of sp³-hybridized carbons (Fsp3) is 0.750. The van der Waals surface area contributed by atoms with Crippen LogP contribution in [-0.2, 0) is 9.31 Å². The van der Waals surface area contributed by atoms with E-state index in [0.717, 1.165) is 4.91 Å². The maximum atomic E-state index is 5.99. The van der Waals surface area contributed by atoms with Crippen molar-refractivity contribution >= 4 is 23.4 Å². The molecule has 1 aliphatic heterocycles. The Morgan fingerprint density at radius 1 is 1.24 bits per heavy atom. The van der Waals surface area contributed by atoms with Gasteiger partial charge in [0.2, 0.25) is 0 Å². The summed E-state index contributed by atoms with van der Waals surface area (Å²) in [5.74, 6) is 0.697. The van der Waals surface area contributed by atoms with Crippen molar-refractivity contribution in [3.8, 4) is 0 Å². The number of hydrogen-bond acceptors (Lipinski definition) is 4. The van der Waals surface area contributed by atoms with Gasteiger partial charge in [-0.3, -0.25) is 0 Å². The van der Waals surface area contributed by atoms with E-state index in [0.29, 0.717) is 5.92 Å². The average Bonchev–Trinajstić information content (AvgIpc) is 2.89. The third kappa shape index (κ3) is 1.94. The summed E-state index contributed by atoms with van der Waals surface area (Å²) < 4.78 is 12.0. The SMILES string of the molecule is CC1(C)OB(c2nc(C3CC3)cs2)OC1(C)C. The highest BCUT2D eigenvalue weighted by Gasteiger charge is 2.53. The van der Waals surface area contributed by atoms with Gasteiger partial charge in [0.05, 0.1) is 16.9 Å². The van der Waals surface area contributed by atoms with Crippen molar-refractivity contribution in [2.45, 2.75) is 57.7 Å². The van der Waals surface area contributed by atoms with E-state index in [1.54, 1.807) is 11.3 Å². The molecule has 0 spiro atoms. The smallest absolute Gasteiger partial charge is 0.398 e. The minimum Gasteiger partial charge on any atom is -0.398 e. The molecule has 0 amide bonds. The molecule has 2 heterocycles. The first-order valence-corrected chi connectivity index (χ1v) is 7.08. The summed E-state index contributed by atoms with van der Waals surface area (Å²) >= 11 is 1.66. The average molecular weight is 251 g/mol. The lowest BCUT2D eigenvalue weighted by Gasteiger charge is -2.32. The van der Waals surface area contributed by atoms with E-state index in [9.17, 15) is 0 Å². The summed E-state index contributed by atoms with van der Waals surface area (Å²) in [6.07, 6.45) is 2.57. The van der Waals surface area contributed by atoms with Crippen LogP contribution in [0.4, 0.5) is 0 Å². The van der Waals surface area contributed by atoms with Gasteiger partial charge in [-0.15, -0.1) is 11.3 Å². The van der Waals surface area contributed by atoms with Gasteiger partial charge in [-0.1, -0.05) is 0 Å². The normalized spacial score (nSPS) is 26.5. The Labute approximate surface area is 107 Å². The predicted octanol–water partition coefficient (Wildman–Crippen LogP) is 2.32. The van der Waals surface area contributed by atoms with E-state index < -0.39 is 0 Å². The van der Waals surface area contributed by atoms with Gasteiger partial charge in [-0.25, -0.2) is 4.98 Å². The predicted molar refractivity (Wildman–Crippen MR) is 69.8 cm³/mol. The van der Waals surface area contributed by atoms with E-state index >= 15 is 0 Å². The van der Waals surface area contributed by atoms with Crippen LogP contribution in [0.5, 0.6) is 0 Å². The summed E-state index contributed by atoms with van der Waals surface area (Å²) in [4.78, 5) is 5.62. The van der Waals surface area contributed by atoms with Gasteiger partial charge in [0.25, 0.3) is 0 Å². The molecule has 3 nitrogen and oxygen atoms in total. The maximum Gasteiger partial charge on any atom is 0.525 e. The number of thiazole rings is 1. The highest BCUT2D eigenvalue weighted by atomic mass is 32.1. The molecule has 0 atom stereocenters. The van der Waals surface area contributed by atoms with Crippen molar-refractivity contribution in [1.29, 1.82) is 0 Å². The molecule has 1 saturated carbocycles. The first-order chi connectivity index (χ1) is 7.89. The van der Waals surface area contributed by atoms with Crippen LogP contribution in [0, 0.1) is 0 Å². The van der Waals surface area contributed by atoms with E-state index in [1.807, 2.05) is 0 Å². The molecular formula is C12H18BNO2S. The highest BCUT2D eigenvalue weighted by molar-refractivity contribution is 7.20. The Hall–Kier alpha value is -0.385. The van der Waals surface area contributed by atoms with Crippen molar-refractivity contribution in [3.63, 3.8) is 0 Å². The van der Waals surface area contributed by atoms with Crippen molar-refractivity contribution in [3.05, 3.63) is 11.1 Å². The fourth-order valence-corrected chi connectivity index (χ4v) is 2.77. The van der Waals surface area contributed by atoms with Crippen LogP contribution in [0.1, 0.15) is 52.1 Å². The van der Waals surface area contributed by atoms with Crippen molar-refractivity contribution in [1.82, 2.24) is 4.98 Å². The quantitative estimate of drug-likeness (QED) is 0.756. The van der Waals surface area contributed by atoms with Crippen LogP contribution in [0.3, 0.4) is 0 Å². The molecule has 17 heavy (non-hydrogen) atoms. The first kappa shape index (κ1) is 11.7. The van der Waals surface area contributed by atoms with E-state index in [-0.39, 0.29) is 18.3 Å². The monoisotopic (exact) mass is 251 g/mol. The second-order valence-corrected chi connectivity index (χ2v) is 6.86. The molecule has 0 N–H and O–H groups in total. The van der Waals surface area contributed by atoms with Crippen molar-refractivity contribution in [2.75, 3.05) is 0 Å². The van der Waals surface area contributed by atoms with Gasteiger partial charge in [0, 0.05) is 11.3 Å². The minimum atomic E-state index is -0.294. The van der Waals surface area contributed by atoms with Gasteiger partial charge in [-0.2, -0.15) is 0 Å². The van der Waals surface area contributed by atoms with E-state index in [1.165, 1.54) is 18.5 Å². The molecule has 0 bridgehead atoms. The molecule has 1 aliphatic carbocycles. The largest absolute Gasteiger partial charge is 0.525 e. The zero-order valence-electron chi connectivity index (χ0n) is 10.8. The second-order valence-electron chi connectivity index (χ2n) is 5.97. The van der Waals surface area contributed by atoms with Crippen LogP contribution in [0.25, 0.3) is 0 Å².